The van der Waals surface area contributed by atoms with Gasteiger partial charge in [-0.3, -0.25) is 14.4 Å². The monoisotopic (exact) mass is 568 g/mol. The summed E-state index contributed by atoms with van der Waals surface area (Å²) in [4.78, 5) is 48.7. The zero-order valence-electron chi connectivity index (χ0n) is 23.0. The van der Waals surface area contributed by atoms with Gasteiger partial charge in [-0.05, 0) is 53.5 Å². The van der Waals surface area contributed by atoms with Gasteiger partial charge in [0.2, 0.25) is 21.8 Å². The number of carbonyl (C=O) groups is 4. The van der Waals surface area contributed by atoms with Crippen LogP contribution in [-0.4, -0.2) is 92.7 Å². The van der Waals surface area contributed by atoms with Crippen molar-refractivity contribution in [3.8, 4) is 0 Å². The second kappa shape index (κ2) is 14.6. The highest BCUT2D eigenvalue weighted by Crippen LogP contribution is 2.10. The fourth-order valence-electron chi connectivity index (χ4n) is 2.79. The topological polar surface area (TPSA) is 200 Å². The Balaban J connectivity index is 5.38. The maximum atomic E-state index is 13.0. The summed E-state index contributed by atoms with van der Waals surface area (Å²) in [5, 5.41) is 25.9. The minimum Gasteiger partial charge on any atom is -0.480 e. The summed E-state index contributed by atoms with van der Waals surface area (Å²) in [7, 11) is -5.06. The standard InChI is InChI=1S/C22H44N4O9SSi/c1-14(20(30)31)24-19(29)17(15(2)27)26-18(28)16(25-21(32)35-22(3,4)5)10-9-11-23-36(33,34)12-13-37(6,7)8/h14-17,23,27H,9-13H2,1-8H3,(H,24,29)(H,25,32)(H,26,28)(H,30,31)/t14-,15+,16-,17-/m0/s1. The molecule has 0 aromatic carbocycles. The Morgan fingerprint density at radius 1 is 0.973 bits per heavy atom. The molecular formula is C22H44N4O9SSi. The van der Waals surface area contributed by atoms with E-state index in [2.05, 4.69) is 40.3 Å². The van der Waals surface area contributed by atoms with Crippen LogP contribution < -0.4 is 20.7 Å². The Morgan fingerprint density at radius 2 is 1.54 bits per heavy atom. The van der Waals surface area contributed by atoms with Crippen molar-refractivity contribution in [1.29, 1.82) is 0 Å². The maximum Gasteiger partial charge on any atom is 0.408 e. The number of alkyl carbamates (subject to hydrolysis) is 1. The molecule has 0 saturated carbocycles. The highest BCUT2D eigenvalue weighted by atomic mass is 32.2. The zero-order chi connectivity index (χ0) is 29.2. The number of hydrogen-bond acceptors (Lipinski definition) is 8. The smallest absolute Gasteiger partial charge is 0.408 e. The highest BCUT2D eigenvalue weighted by Gasteiger charge is 2.32. The average molecular weight is 569 g/mol. The minimum absolute atomic E-state index is 0.00272. The number of ether oxygens (including phenoxy) is 1. The van der Waals surface area contributed by atoms with E-state index in [4.69, 9.17) is 9.84 Å². The molecule has 0 aromatic rings. The van der Waals surface area contributed by atoms with Gasteiger partial charge in [-0.15, -0.1) is 0 Å². The number of amides is 3. The van der Waals surface area contributed by atoms with E-state index in [9.17, 15) is 32.7 Å². The molecule has 37 heavy (non-hydrogen) atoms. The number of carbonyl (C=O) groups excluding carboxylic acids is 3. The van der Waals surface area contributed by atoms with Gasteiger partial charge in [0.15, 0.2) is 0 Å². The summed E-state index contributed by atoms with van der Waals surface area (Å²) in [6.07, 6.45) is -2.13. The first-order valence-corrected chi connectivity index (χ1v) is 17.5. The second-order valence-electron chi connectivity index (χ2n) is 11.2. The van der Waals surface area contributed by atoms with E-state index < -0.39 is 71.8 Å². The highest BCUT2D eigenvalue weighted by molar-refractivity contribution is 7.89. The van der Waals surface area contributed by atoms with Crippen molar-refractivity contribution in [3.05, 3.63) is 0 Å². The predicted octanol–water partition coefficient (Wildman–Crippen LogP) is 0.372. The van der Waals surface area contributed by atoms with Gasteiger partial charge in [-0.1, -0.05) is 19.6 Å². The summed E-state index contributed by atoms with van der Waals surface area (Å²) in [5.74, 6) is -3.07. The van der Waals surface area contributed by atoms with Crippen LogP contribution in [0.1, 0.15) is 47.5 Å². The van der Waals surface area contributed by atoms with Crippen LogP contribution in [0.15, 0.2) is 0 Å². The molecule has 4 atom stereocenters. The van der Waals surface area contributed by atoms with E-state index in [1.165, 1.54) is 13.8 Å². The third-order valence-corrected chi connectivity index (χ3v) is 8.41. The molecule has 0 aliphatic carbocycles. The average Bonchev–Trinajstić information content (AvgIpc) is 2.70. The number of rotatable bonds is 15. The Kier molecular flexibility index (Phi) is 13.8. The lowest BCUT2D eigenvalue weighted by Gasteiger charge is -2.26. The zero-order valence-corrected chi connectivity index (χ0v) is 24.8. The molecule has 0 heterocycles. The van der Waals surface area contributed by atoms with Crippen LogP contribution in [0.25, 0.3) is 0 Å². The molecule has 0 radical (unpaired) electrons. The number of carboxylic acid groups (broad SMARTS) is 1. The number of carboxylic acids is 1. The molecule has 0 unspecified atom stereocenters. The van der Waals surface area contributed by atoms with E-state index in [1.807, 2.05) is 0 Å². The number of aliphatic carboxylic acids is 1. The van der Waals surface area contributed by atoms with Gasteiger partial charge in [0.05, 0.1) is 11.9 Å². The molecule has 0 saturated heterocycles. The Labute approximate surface area is 220 Å². The van der Waals surface area contributed by atoms with Gasteiger partial charge in [0.25, 0.3) is 0 Å². The summed E-state index contributed by atoms with van der Waals surface area (Å²) in [5.41, 5.74) is -0.855. The van der Waals surface area contributed by atoms with Crippen molar-refractivity contribution in [2.24, 2.45) is 0 Å². The number of nitrogens with one attached hydrogen (secondary N) is 4. The van der Waals surface area contributed by atoms with E-state index >= 15 is 0 Å². The molecule has 0 aromatic heterocycles. The van der Waals surface area contributed by atoms with Crippen molar-refractivity contribution in [2.45, 2.75) is 103 Å². The van der Waals surface area contributed by atoms with E-state index in [0.717, 1.165) is 0 Å². The molecule has 0 rings (SSSR count). The Bertz CT molecular complexity index is 899. The van der Waals surface area contributed by atoms with Crippen LogP contribution in [0.2, 0.25) is 25.7 Å². The van der Waals surface area contributed by atoms with Gasteiger partial charge in [-0.2, -0.15) is 0 Å². The molecule has 0 aliphatic heterocycles. The van der Waals surface area contributed by atoms with Crippen LogP contribution >= 0.6 is 0 Å². The van der Waals surface area contributed by atoms with Crippen LogP contribution in [0.5, 0.6) is 0 Å². The van der Waals surface area contributed by atoms with Gasteiger partial charge >= 0.3 is 12.1 Å². The van der Waals surface area contributed by atoms with Crippen molar-refractivity contribution >= 4 is 42.0 Å². The SMILES string of the molecule is C[C@H](NC(=O)[C@@H](NC(=O)[C@H](CCCNS(=O)(=O)CC[Si](C)(C)C)NC(=O)OC(C)(C)C)[C@@H](C)O)C(=O)O. The van der Waals surface area contributed by atoms with Crippen LogP contribution in [0.3, 0.4) is 0 Å². The lowest BCUT2D eigenvalue weighted by Crippen LogP contribution is -2.59. The Hall–Kier alpha value is -2.23. The summed E-state index contributed by atoms with van der Waals surface area (Å²) in [6.45, 7) is 13.6. The van der Waals surface area contributed by atoms with Gasteiger partial charge in [0.1, 0.15) is 23.7 Å². The lowest BCUT2D eigenvalue weighted by molar-refractivity contribution is -0.142. The Morgan fingerprint density at radius 3 is 2.00 bits per heavy atom. The molecule has 0 aliphatic rings. The van der Waals surface area contributed by atoms with Gasteiger partial charge in [-0.25, -0.2) is 17.9 Å². The van der Waals surface area contributed by atoms with E-state index in [-0.39, 0.29) is 25.1 Å². The number of aliphatic hydroxyl groups excluding tert-OH is 1. The predicted molar refractivity (Wildman–Crippen MR) is 141 cm³/mol. The molecule has 0 fully saturated rings. The minimum atomic E-state index is -3.50. The summed E-state index contributed by atoms with van der Waals surface area (Å²) < 4.78 is 32.2. The second-order valence-corrected chi connectivity index (χ2v) is 18.7. The first kappa shape index (κ1) is 34.8. The number of hydrogen-bond donors (Lipinski definition) is 6. The first-order valence-electron chi connectivity index (χ1n) is 12.1. The maximum absolute atomic E-state index is 13.0. The molecule has 15 heteroatoms. The van der Waals surface area contributed by atoms with E-state index in [0.29, 0.717) is 6.04 Å². The van der Waals surface area contributed by atoms with Crippen molar-refractivity contribution < 1.29 is 42.5 Å². The molecule has 6 N–H and O–H groups in total. The summed E-state index contributed by atoms with van der Waals surface area (Å²) in [6, 6.07) is -3.41. The van der Waals surface area contributed by atoms with Gasteiger partial charge < -0.3 is 30.9 Å². The van der Waals surface area contributed by atoms with Crippen LogP contribution in [0.4, 0.5) is 4.79 Å². The quantitative estimate of drug-likeness (QED) is 0.119. The molecule has 13 nitrogen and oxygen atoms in total. The van der Waals surface area contributed by atoms with E-state index in [1.54, 1.807) is 20.8 Å². The third-order valence-electron chi connectivity index (χ3n) is 4.91. The number of sulfonamides is 1. The largest absolute Gasteiger partial charge is 0.480 e. The number of aliphatic hydroxyl groups is 1. The molecule has 0 spiro atoms. The molecular weight excluding hydrogens is 524 g/mol. The summed E-state index contributed by atoms with van der Waals surface area (Å²) >= 11 is 0. The van der Waals surface area contributed by atoms with Crippen molar-refractivity contribution in [1.82, 2.24) is 20.7 Å². The molecule has 3 amide bonds. The fourth-order valence-corrected chi connectivity index (χ4v) is 6.91. The van der Waals surface area contributed by atoms with Crippen molar-refractivity contribution in [2.75, 3.05) is 12.3 Å². The fraction of sp³-hybridized carbons (Fsp3) is 0.818. The lowest BCUT2D eigenvalue weighted by atomic mass is 10.1. The molecule has 0 bridgehead atoms. The third kappa shape index (κ3) is 16.3. The molecule has 216 valence electrons. The van der Waals surface area contributed by atoms with Crippen LogP contribution in [0, 0.1) is 0 Å². The normalized spacial score (nSPS) is 15.6. The van der Waals surface area contributed by atoms with Crippen LogP contribution in [-0.2, 0) is 29.1 Å². The first-order chi connectivity index (χ1) is 16.6. The van der Waals surface area contributed by atoms with Crippen molar-refractivity contribution in [3.63, 3.8) is 0 Å². The van der Waals surface area contributed by atoms with Gasteiger partial charge in [0, 0.05) is 14.6 Å².